The summed E-state index contributed by atoms with van der Waals surface area (Å²) in [6, 6.07) is 5.77. The van der Waals surface area contributed by atoms with Crippen molar-refractivity contribution in [2.24, 2.45) is 5.14 Å². The van der Waals surface area contributed by atoms with E-state index in [1.807, 2.05) is 0 Å². The van der Waals surface area contributed by atoms with Crippen LogP contribution in [0.3, 0.4) is 0 Å². The van der Waals surface area contributed by atoms with E-state index in [2.05, 4.69) is 16.0 Å². The van der Waals surface area contributed by atoms with Gasteiger partial charge in [0.2, 0.25) is 10.0 Å². The highest BCUT2D eigenvalue weighted by Crippen LogP contribution is 2.09. The Bertz CT molecular complexity index is 711. The van der Waals surface area contributed by atoms with Gasteiger partial charge in [-0.15, -0.1) is 0 Å². The molecule has 10 heteroatoms. The molecule has 1 aromatic rings. The predicted molar refractivity (Wildman–Crippen MR) is 97.2 cm³/mol. The molecule has 0 unspecified atom stereocenters. The molecule has 0 fully saturated rings. The van der Waals surface area contributed by atoms with Gasteiger partial charge in [-0.2, -0.15) is 0 Å². The van der Waals surface area contributed by atoms with E-state index in [-0.39, 0.29) is 24.0 Å². The summed E-state index contributed by atoms with van der Waals surface area (Å²) in [7, 11) is -3.70. The van der Waals surface area contributed by atoms with Crippen LogP contribution >= 0.6 is 0 Å². The van der Waals surface area contributed by atoms with Crippen molar-refractivity contribution in [2.75, 3.05) is 19.6 Å². The van der Waals surface area contributed by atoms with Crippen LogP contribution in [0.5, 0.6) is 0 Å². The van der Waals surface area contributed by atoms with Crippen molar-refractivity contribution in [3.8, 4) is 0 Å². The first kappa shape index (κ1) is 21.7. The second-order valence-corrected chi connectivity index (χ2v) is 8.11. The van der Waals surface area contributed by atoms with E-state index >= 15 is 0 Å². The summed E-state index contributed by atoms with van der Waals surface area (Å²) in [5.74, 6) is 0. The van der Waals surface area contributed by atoms with Gasteiger partial charge in [-0.3, -0.25) is 0 Å². The van der Waals surface area contributed by atoms with Gasteiger partial charge in [0.15, 0.2) is 0 Å². The number of urea groups is 1. The summed E-state index contributed by atoms with van der Waals surface area (Å²) in [5.41, 5.74) is 0.297. The van der Waals surface area contributed by atoms with E-state index in [4.69, 9.17) is 9.88 Å². The zero-order valence-electron chi connectivity index (χ0n) is 15.2. The number of nitrogens with one attached hydrogen (secondary N) is 3. The number of carbonyl (C=O) groups excluding carboxylic acids is 2. The number of primary sulfonamides is 1. The first-order valence-corrected chi connectivity index (χ1v) is 9.62. The number of hydrogen-bond donors (Lipinski definition) is 4. The second-order valence-electron chi connectivity index (χ2n) is 6.55. The van der Waals surface area contributed by atoms with Crippen molar-refractivity contribution in [1.82, 2.24) is 16.0 Å². The van der Waals surface area contributed by atoms with E-state index in [9.17, 15) is 18.0 Å². The summed E-state index contributed by atoms with van der Waals surface area (Å²) in [5, 5.41) is 12.8. The molecular formula is C16H26N4O5S. The molecular weight excluding hydrogens is 360 g/mol. The molecule has 0 spiro atoms. The number of nitrogens with two attached hydrogens (primary N) is 1. The smallest absolute Gasteiger partial charge is 0.407 e. The van der Waals surface area contributed by atoms with E-state index in [0.717, 1.165) is 5.56 Å². The Balaban J connectivity index is 2.20. The topological polar surface area (TPSA) is 140 Å². The fourth-order valence-corrected chi connectivity index (χ4v) is 2.40. The number of alkyl carbamates (subject to hydrolysis) is 1. The Hall–Kier alpha value is -2.33. The number of sulfonamides is 1. The van der Waals surface area contributed by atoms with Crippen molar-refractivity contribution in [2.45, 2.75) is 37.7 Å². The minimum absolute atomic E-state index is 0.0458. The van der Waals surface area contributed by atoms with Gasteiger partial charge >= 0.3 is 12.1 Å². The highest BCUT2D eigenvalue weighted by Gasteiger charge is 2.15. The number of ether oxygens (including phenoxy) is 1. The molecule has 0 aliphatic carbocycles. The third-order valence-electron chi connectivity index (χ3n) is 3.03. The molecule has 3 amide bonds. The van der Waals surface area contributed by atoms with Crippen LogP contribution in [0.2, 0.25) is 0 Å². The number of benzene rings is 1. The first-order chi connectivity index (χ1) is 12.0. The van der Waals surface area contributed by atoms with Gasteiger partial charge in [0, 0.05) is 19.6 Å². The van der Waals surface area contributed by atoms with Crippen LogP contribution in [0.4, 0.5) is 9.59 Å². The molecule has 0 aliphatic rings. The molecule has 0 bridgehead atoms. The predicted octanol–water partition coefficient (Wildman–Crippen LogP) is 0.700. The van der Waals surface area contributed by atoms with Crippen molar-refractivity contribution >= 4 is 22.1 Å². The number of hydrogen-bond acceptors (Lipinski definition) is 5. The van der Waals surface area contributed by atoms with Gasteiger partial charge in [-0.05, 0) is 44.9 Å². The fraction of sp³-hybridized carbons (Fsp3) is 0.500. The maximum atomic E-state index is 11.6. The van der Waals surface area contributed by atoms with Crippen molar-refractivity contribution in [1.29, 1.82) is 0 Å². The average Bonchev–Trinajstić information content (AvgIpc) is 2.49. The summed E-state index contributed by atoms with van der Waals surface area (Å²) in [6.07, 6.45) is -0.00303. The summed E-state index contributed by atoms with van der Waals surface area (Å²) >= 11 is 0. The lowest BCUT2D eigenvalue weighted by molar-refractivity contribution is 0.0528. The number of rotatable bonds is 7. The third-order valence-corrected chi connectivity index (χ3v) is 3.96. The fourth-order valence-electron chi connectivity index (χ4n) is 1.88. The first-order valence-electron chi connectivity index (χ1n) is 8.08. The molecule has 1 aromatic carbocycles. The van der Waals surface area contributed by atoms with E-state index in [1.54, 1.807) is 32.9 Å². The molecule has 0 saturated heterocycles. The molecule has 5 N–H and O–H groups in total. The minimum Gasteiger partial charge on any atom is -0.444 e. The highest BCUT2D eigenvalue weighted by atomic mass is 32.2. The minimum atomic E-state index is -3.70. The number of carbonyl (C=O) groups is 2. The summed E-state index contributed by atoms with van der Waals surface area (Å²) in [6.45, 7) is 6.17. The molecule has 0 heterocycles. The van der Waals surface area contributed by atoms with Crippen LogP contribution in [0.15, 0.2) is 29.2 Å². The molecule has 26 heavy (non-hydrogen) atoms. The molecule has 0 aromatic heterocycles. The molecule has 1 rings (SSSR count). The van der Waals surface area contributed by atoms with E-state index < -0.39 is 21.7 Å². The van der Waals surface area contributed by atoms with E-state index in [1.165, 1.54) is 12.1 Å². The molecule has 0 radical (unpaired) electrons. The van der Waals surface area contributed by atoms with Crippen molar-refractivity contribution in [3.63, 3.8) is 0 Å². The van der Waals surface area contributed by atoms with Gasteiger partial charge in [0.25, 0.3) is 0 Å². The molecule has 0 atom stereocenters. The Labute approximate surface area is 153 Å². The van der Waals surface area contributed by atoms with Gasteiger partial charge in [0.1, 0.15) is 5.60 Å². The summed E-state index contributed by atoms with van der Waals surface area (Å²) < 4.78 is 27.4. The molecule has 146 valence electrons. The molecule has 0 aliphatic heterocycles. The monoisotopic (exact) mass is 386 g/mol. The molecule has 0 saturated carbocycles. The Morgan fingerprint density at radius 3 is 2.08 bits per heavy atom. The normalized spacial score (nSPS) is 11.5. The molecule has 9 nitrogen and oxygen atoms in total. The van der Waals surface area contributed by atoms with Gasteiger partial charge in [-0.25, -0.2) is 23.1 Å². The van der Waals surface area contributed by atoms with Crippen LogP contribution in [0, 0.1) is 0 Å². The Kier molecular flexibility index (Phi) is 7.84. The Morgan fingerprint density at radius 2 is 1.54 bits per heavy atom. The SMILES string of the molecule is CC(C)(C)OC(=O)NCCNC(=O)NCCc1ccc(S(N)(=O)=O)cc1. The Morgan fingerprint density at radius 1 is 1.00 bits per heavy atom. The second kappa shape index (κ2) is 9.39. The standard InChI is InChI=1S/C16H26N4O5S/c1-16(2,3)25-15(22)20-11-10-19-14(21)18-9-8-12-4-6-13(7-5-12)26(17,23)24/h4-7H,8-11H2,1-3H3,(H,20,22)(H2,17,23,24)(H2,18,19,21). The van der Waals surface area contributed by atoms with Crippen molar-refractivity contribution in [3.05, 3.63) is 29.8 Å². The van der Waals surface area contributed by atoms with Crippen LogP contribution in [0.1, 0.15) is 26.3 Å². The van der Waals surface area contributed by atoms with E-state index in [0.29, 0.717) is 13.0 Å². The highest BCUT2D eigenvalue weighted by molar-refractivity contribution is 7.89. The van der Waals surface area contributed by atoms with Crippen LogP contribution in [0.25, 0.3) is 0 Å². The average molecular weight is 386 g/mol. The quantitative estimate of drug-likeness (QED) is 0.511. The van der Waals surface area contributed by atoms with Crippen LogP contribution in [-0.4, -0.2) is 45.8 Å². The lowest BCUT2D eigenvalue weighted by atomic mass is 10.1. The van der Waals surface area contributed by atoms with Crippen LogP contribution in [-0.2, 0) is 21.2 Å². The third kappa shape index (κ3) is 9.23. The largest absolute Gasteiger partial charge is 0.444 e. The summed E-state index contributed by atoms with van der Waals surface area (Å²) in [4.78, 5) is 23.1. The van der Waals surface area contributed by atoms with Crippen molar-refractivity contribution < 1.29 is 22.7 Å². The van der Waals surface area contributed by atoms with Gasteiger partial charge < -0.3 is 20.7 Å². The lowest BCUT2D eigenvalue weighted by Gasteiger charge is -2.19. The van der Waals surface area contributed by atoms with Crippen LogP contribution < -0.4 is 21.1 Å². The maximum absolute atomic E-state index is 11.6. The number of amides is 3. The zero-order chi connectivity index (χ0) is 19.8. The zero-order valence-corrected chi connectivity index (χ0v) is 16.0. The maximum Gasteiger partial charge on any atom is 0.407 e. The van der Waals surface area contributed by atoms with Gasteiger partial charge in [0.05, 0.1) is 4.90 Å². The lowest BCUT2D eigenvalue weighted by Crippen LogP contribution is -2.41. The van der Waals surface area contributed by atoms with Gasteiger partial charge in [-0.1, -0.05) is 12.1 Å².